The Kier molecular flexibility index (Phi) is 26.1. The summed E-state index contributed by atoms with van der Waals surface area (Å²) in [6, 6.07) is 0. The lowest BCUT2D eigenvalue weighted by Crippen LogP contribution is -2.35. The Morgan fingerprint density at radius 2 is 1.23 bits per heavy atom. The number of ketones is 1. The normalized spacial score (nSPS) is 11.6. The van der Waals surface area contributed by atoms with Crippen LogP contribution in [-0.4, -0.2) is 22.9 Å². The Bertz CT molecular complexity index is 363. The molecule has 0 aromatic rings. The van der Waals surface area contributed by atoms with Gasteiger partial charge in [0.25, 0.3) is 5.91 Å². The number of unbranched alkanes of at least 4 members (excludes halogenated alkanes) is 11. The molecule has 1 atom stereocenters. The summed E-state index contributed by atoms with van der Waals surface area (Å²) in [5.41, 5.74) is 4.88. The quantitative estimate of drug-likeness (QED) is 0.194. The van der Waals surface area contributed by atoms with E-state index < -0.39 is 17.8 Å². The first-order chi connectivity index (χ1) is 11.6. The molecule has 0 fully saturated rings. The molecule has 0 aromatic heterocycles. The van der Waals surface area contributed by atoms with Gasteiger partial charge in [-0.3, -0.25) is 9.59 Å². The highest BCUT2D eigenvalue weighted by Gasteiger charge is 2.19. The van der Waals surface area contributed by atoms with Crippen LogP contribution in [-0.2, 0) is 9.59 Å². The van der Waals surface area contributed by atoms with Crippen molar-refractivity contribution in [3.63, 3.8) is 0 Å². The van der Waals surface area contributed by atoms with E-state index >= 15 is 0 Å². The van der Waals surface area contributed by atoms with Gasteiger partial charge in [-0.2, -0.15) is 0 Å². The average molecular weight is 412 g/mol. The van der Waals surface area contributed by atoms with E-state index in [0.29, 0.717) is 0 Å². The first kappa shape index (κ1) is 30.2. The van der Waals surface area contributed by atoms with Crippen molar-refractivity contribution in [1.82, 2.24) is 0 Å². The molecule has 26 heavy (non-hydrogen) atoms. The van der Waals surface area contributed by atoms with Crippen LogP contribution in [0.25, 0.3) is 0 Å². The molecule has 0 aromatic carbocycles. The Hall–Kier alpha value is -0.580. The molecule has 0 saturated carbocycles. The maximum absolute atomic E-state index is 11.4. The Morgan fingerprint density at radius 3 is 1.69 bits per heavy atom. The van der Waals surface area contributed by atoms with Gasteiger partial charge in [0.1, 0.15) is 0 Å². The molecule has 0 aliphatic rings. The fourth-order valence-corrected chi connectivity index (χ4v) is 2.67. The van der Waals surface area contributed by atoms with Crippen molar-refractivity contribution in [3.8, 4) is 0 Å². The third-order valence-corrected chi connectivity index (χ3v) is 4.26. The number of allylic oxidation sites excluding steroid dienone is 2. The van der Waals surface area contributed by atoms with E-state index in [-0.39, 0.29) is 31.2 Å². The van der Waals surface area contributed by atoms with Crippen molar-refractivity contribution in [2.24, 2.45) is 5.73 Å². The number of nitrogens with two attached hydrogens (primary N) is 1. The number of primary amides is 1. The highest BCUT2D eigenvalue weighted by molar-refractivity contribution is 6.03. The van der Waals surface area contributed by atoms with Gasteiger partial charge < -0.3 is 10.8 Å². The molecule has 0 aliphatic carbocycles. The van der Waals surface area contributed by atoms with Crippen molar-refractivity contribution in [3.05, 3.63) is 12.2 Å². The highest BCUT2D eigenvalue weighted by Crippen LogP contribution is 2.10. The van der Waals surface area contributed by atoms with E-state index in [1.165, 1.54) is 51.4 Å². The zero-order valence-electron chi connectivity index (χ0n) is 16.3. The minimum atomic E-state index is -1.62. The fraction of sp³-hybridized carbons (Fsp3) is 0.800. The number of aliphatic hydroxyl groups is 1. The number of amides is 1. The molecule has 6 heteroatoms. The van der Waals surface area contributed by atoms with Crippen LogP contribution in [0.5, 0.6) is 0 Å². The molecule has 4 nitrogen and oxygen atoms in total. The maximum atomic E-state index is 11.4. The van der Waals surface area contributed by atoms with Crippen LogP contribution < -0.4 is 5.73 Å². The minimum absolute atomic E-state index is 0. The molecule has 156 valence electrons. The number of Topliss-reactive ketones (excluding diaryl/α,β-unsaturated/α-hetero) is 1. The summed E-state index contributed by atoms with van der Waals surface area (Å²) in [4.78, 5) is 22.0. The molecule has 0 bridgehead atoms. The topological polar surface area (TPSA) is 80.4 Å². The zero-order chi connectivity index (χ0) is 18.0. The molecule has 0 heterocycles. The summed E-state index contributed by atoms with van der Waals surface area (Å²) < 4.78 is 0. The zero-order valence-corrected chi connectivity index (χ0v) is 17.9. The van der Waals surface area contributed by atoms with Gasteiger partial charge in [-0.15, -0.1) is 24.8 Å². The van der Waals surface area contributed by atoms with Crippen molar-refractivity contribution < 1.29 is 14.7 Å². The lowest BCUT2D eigenvalue weighted by molar-refractivity contribution is -0.137. The molecule has 0 rings (SSSR count). The van der Waals surface area contributed by atoms with Crippen molar-refractivity contribution in [2.75, 3.05) is 0 Å². The number of hydrogen-bond acceptors (Lipinski definition) is 3. The third kappa shape index (κ3) is 19.7. The first-order valence-electron chi connectivity index (χ1n) is 9.74. The van der Waals surface area contributed by atoms with Crippen LogP contribution in [0.2, 0.25) is 0 Å². The number of aliphatic hydroxyl groups excluding tert-OH is 1. The van der Waals surface area contributed by atoms with E-state index in [2.05, 4.69) is 19.1 Å². The van der Waals surface area contributed by atoms with Crippen LogP contribution in [0.1, 0.15) is 96.8 Å². The molecular formula is C20H39Cl2NO3. The lowest BCUT2D eigenvalue weighted by Gasteiger charge is -2.05. The van der Waals surface area contributed by atoms with E-state index in [4.69, 9.17) is 5.73 Å². The van der Waals surface area contributed by atoms with Gasteiger partial charge >= 0.3 is 0 Å². The molecular weight excluding hydrogens is 373 g/mol. The molecule has 0 spiro atoms. The lowest BCUT2D eigenvalue weighted by atomic mass is 10.0. The number of hydrogen-bond donors (Lipinski definition) is 2. The summed E-state index contributed by atoms with van der Waals surface area (Å²) >= 11 is 0. The summed E-state index contributed by atoms with van der Waals surface area (Å²) in [6.07, 6.45) is 18.8. The first-order valence-corrected chi connectivity index (χ1v) is 9.74. The maximum Gasteiger partial charge on any atom is 0.254 e. The second-order valence-electron chi connectivity index (χ2n) is 6.61. The van der Waals surface area contributed by atoms with Crippen molar-refractivity contribution in [2.45, 2.75) is 103 Å². The number of carbonyl (C=O) groups excluding carboxylic acids is 2. The van der Waals surface area contributed by atoms with Gasteiger partial charge in [-0.05, 0) is 32.1 Å². The van der Waals surface area contributed by atoms with Gasteiger partial charge in [0, 0.05) is 6.42 Å². The molecule has 0 aliphatic heterocycles. The van der Waals surface area contributed by atoms with Crippen LogP contribution in [0.4, 0.5) is 0 Å². The summed E-state index contributed by atoms with van der Waals surface area (Å²) in [5, 5.41) is 9.18. The number of halogens is 2. The predicted octanol–water partition coefficient (Wildman–Crippen LogP) is 5.28. The fourth-order valence-electron chi connectivity index (χ4n) is 2.67. The van der Waals surface area contributed by atoms with Gasteiger partial charge in [0.05, 0.1) is 0 Å². The summed E-state index contributed by atoms with van der Waals surface area (Å²) in [5.74, 6) is -1.41. The van der Waals surface area contributed by atoms with Gasteiger partial charge in [0.2, 0.25) is 0 Å². The predicted molar refractivity (Wildman–Crippen MR) is 114 cm³/mol. The van der Waals surface area contributed by atoms with Gasteiger partial charge in [-0.1, -0.05) is 70.4 Å². The van der Waals surface area contributed by atoms with Crippen LogP contribution in [0.3, 0.4) is 0 Å². The second kappa shape index (κ2) is 22.5. The molecule has 1 unspecified atom stereocenters. The van der Waals surface area contributed by atoms with Crippen molar-refractivity contribution in [1.29, 1.82) is 0 Å². The van der Waals surface area contributed by atoms with Crippen LogP contribution >= 0.6 is 24.8 Å². The number of carbonyl (C=O) groups is 2. The van der Waals surface area contributed by atoms with Gasteiger partial charge in [-0.25, -0.2) is 0 Å². The monoisotopic (exact) mass is 411 g/mol. The minimum Gasteiger partial charge on any atom is -0.376 e. The second-order valence-corrected chi connectivity index (χ2v) is 6.61. The van der Waals surface area contributed by atoms with E-state index in [1.807, 2.05) is 0 Å². The Morgan fingerprint density at radius 1 is 0.808 bits per heavy atom. The summed E-state index contributed by atoms with van der Waals surface area (Å²) in [6.45, 7) is 2.25. The van der Waals surface area contributed by atoms with E-state index in [0.717, 1.165) is 32.1 Å². The SMILES string of the molecule is CCCCCCCC/C=C\CCCCCCCC(=O)C(O)C(N)=O.Cl.Cl. The van der Waals surface area contributed by atoms with Crippen molar-refractivity contribution >= 4 is 36.5 Å². The van der Waals surface area contributed by atoms with Crippen LogP contribution in [0.15, 0.2) is 12.2 Å². The Balaban J connectivity index is -0.00000264. The molecule has 0 radical (unpaired) electrons. The molecule has 1 amide bonds. The largest absolute Gasteiger partial charge is 0.376 e. The molecule has 0 saturated heterocycles. The van der Waals surface area contributed by atoms with E-state index in [1.54, 1.807) is 0 Å². The number of rotatable bonds is 17. The standard InChI is InChI=1S/C20H37NO3.2ClH/c1-2-3-4-5-6-7-8-9-10-11-12-13-14-15-16-17-18(22)19(23)20(21)24;;/h9-10,19,23H,2-8,11-17H2,1H3,(H2,21,24);2*1H/b10-9-;;. The Labute approximate surface area is 172 Å². The van der Waals surface area contributed by atoms with E-state index in [9.17, 15) is 14.7 Å². The average Bonchev–Trinajstić information content (AvgIpc) is 2.57. The summed E-state index contributed by atoms with van der Waals surface area (Å²) in [7, 11) is 0. The molecule has 3 N–H and O–H groups in total. The van der Waals surface area contributed by atoms with Crippen LogP contribution in [0, 0.1) is 0 Å². The third-order valence-electron chi connectivity index (χ3n) is 4.26. The highest BCUT2D eigenvalue weighted by atomic mass is 35.5. The smallest absolute Gasteiger partial charge is 0.254 e. The van der Waals surface area contributed by atoms with Gasteiger partial charge in [0.15, 0.2) is 11.9 Å².